The number of ketones is 1. The average molecular weight is 801 g/mol. The van der Waals surface area contributed by atoms with Gasteiger partial charge in [0.15, 0.2) is 0 Å². The Balaban J connectivity index is 0.000000208. The Morgan fingerprint density at radius 2 is 1.29 bits per heavy atom. The van der Waals surface area contributed by atoms with Crippen molar-refractivity contribution in [2.45, 2.75) is 90.0 Å². The molecule has 0 saturated carbocycles. The first-order valence-corrected chi connectivity index (χ1v) is 18.6. The summed E-state index contributed by atoms with van der Waals surface area (Å²) in [6.07, 6.45) is 4.14. The van der Waals surface area contributed by atoms with Crippen LogP contribution in [0.25, 0.3) is 0 Å². The van der Waals surface area contributed by atoms with Crippen LogP contribution in [-0.4, -0.2) is 21.7 Å². The Morgan fingerprint density at radius 1 is 0.741 bits per heavy atom. The minimum absolute atomic E-state index is 0.0876. The largest absolute Gasteiger partial charge is 0.307 e. The number of nitriles is 1. The Labute approximate surface area is 331 Å². The van der Waals surface area contributed by atoms with Crippen molar-refractivity contribution in [1.29, 1.82) is 5.26 Å². The number of fused-ring (bicyclic) bond motifs is 2. The Kier molecular flexibility index (Phi) is 11.9. The number of hydrogen-bond donors (Lipinski definition) is 0. The van der Waals surface area contributed by atoms with Gasteiger partial charge in [-0.2, -0.15) is 5.26 Å². The van der Waals surface area contributed by atoms with E-state index in [1.54, 1.807) is 18.2 Å². The Morgan fingerprint density at radius 3 is 1.90 bits per heavy atom. The van der Waals surface area contributed by atoms with Crippen molar-refractivity contribution in [2.24, 2.45) is 0 Å². The topological polar surface area (TPSA) is 86.9 Å². The number of rotatable bonds is 6. The zero-order valence-corrected chi connectivity index (χ0v) is 32.2. The van der Waals surface area contributed by atoms with E-state index < -0.39 is 41.2 Å². The number of aryl methyl sites for hydroxylation is 2. The van der Waals surface area contributed by atoms with Gasteiger partial charge in [0.1, 0.15) is 23.2 Å². The van der Waals surface area contributed by atoms with E-state index in [0.717, 1.165) is 19.9 Å². The highest BCUT2D eigenvalue weighted by molar-refractivity contribution is 5.99. The van der Waals surface area contributed by atoms with Gasteiger partial charge in [0, 0.05) is 72.2 Å². The maximum absolute atomic E-state index is 14.7. The number of benzene rings is 3. The van der Waals surface area contributed by atoms with Crippen molar-refractivity contribution in [3.05, 3.63) is 158 Å². The number of amides is 1. The molecule has 13 heteroatoms. The lowest BCUT2D eigenvalue weighted by Crippen LogP contribution is -2.34. The quantitative estimate of drug-likeness (QED) is 0.126. The van der Waals surface area contributed by atoms with E-state index in [1.807, 2.05) is 6.07 Å². The van der Waals surface area contributed by atoms with Crippen molar-refractivity contribution in [2.75, 3.05) is 4.90 Å². The third kappa shape index (κ3) is 8.81. The number of Topliss-reactive ketones (excluding diaryl/α,β-unsaturated/α-hetero) is 1. The van der Waals surface area contributed by atoms with Crippen LogP contribution in [-0.2, 0) is 47.2 Å². The molecule has 2 atom stereocenters. The van der Waals surface area contributed by atoms with Gasteiger partial charge in [-0.15, -0.1) is 0 Å². The number of halogens is 7. The number of aromatic nitrogens is 2. The average Bonchev–Trinajstić information content (AvgIpc) is 3.42. The highest BCUT2D eigenvalue weighted by Crippen LogP contribution is 2.39. The second-order valence-electron chi connectivity index (χ2n) is 14.9. The van der Waals surface area contributed by atoms with E-state index in [-0.39, 0.29) is 87.9 Å². The summed E-state index contributed by atoms with van der Waals surface area (Å²) in [4.78, 5) is 35.7. The van der Waals surface area contributed by atoms with Gasteiger partial charge in [-0.1, -0.05) is 18.2 Å². The molecule has 58 heavy (non-hydrogen) atoms. The summed E-state index contributed by atoms with van der Waals surface area (Å²) in [5.41, 5.74) is 2.83. The maximum Gasteiger partial charge on any atom is 0.272 e. The third-order valence-corrected chi connectivity index (χ3v) is 10.8. The van der Waals surface area contributed by atoms with Gasteiger partial charge in [0.2, 0.25) is 5.91 Å². The molecule has 1 amide bonds. The molecule has 6 nitrogen and oxygen atoms in total. The molecule has 0 saturated heterocycles. The molecule has 1 aliphatic heterocycles. The Bertz CT molecular complexity index is 2430. The monoisotopic (exact) mass is 800 g/mol. The molecule has 2 unspecified atom stereocenters. The molecule has 300 valence electrons. The van der Waals surface area contributed by atoms with Crippen LogP contribution in [0.15, 0.2) is 79.1 Å². The second-order valence-corrected chi connectivity index (χ2v) is 14.9. The van der Waals surface area contributed by atoms with Gasteiger partial charge >= 0.3 is 0 Å². The number of pyridine rings is 2. The lowest BCUT2D eigenvalue weighted by Gasteiger charge is -2.27. The molecule has 0 radical (unpaired) electrons. The molecule has 2 aliphatic rings. The lowest BCUT2D eigenvalue weighted by molar-refractivity contribution is -0.120. The van der Waals surface area contributed by atoms with Gasteiger partial charge in [-0.3, -0.25) is 19.6 Å². The molecule has 3 heterocycles. The molecule has 0 spiro atoms. The van der Waals surface area contributed by atoms with Crippen LogP contribution in [0.2, 0.25) is 0 Å². The van der Waals surface area contributed by atoms with Crippen LogP contribution < -0.4 is 4.90 Å². The zero-order valence-electron chi connectivity index (χ0n) is 32.2. The summed E-state index contributed by atoms with van der Waals surface area (Å²) < 4.78 is 99.0. The maximum atomic E-state index is 14.7. The molecule has 5 aromatic rings. The number of alkyl halides is 4. The highest BCUT2D eigenvalue weighted by Gasteiger charge is 2.36. The molecule has 1 aliphatic carbocycles. The number of anilines is 1. The van der Waals surface area contributed by atoms with E-state index in [0.29, 0.717) is 29.5 Å². The smallest absolute Gasteiger partial charge is 0.272 e. The molecule has 3 aromatic carbocycles. The van der Waals surface area contributed by atoms with E-state index in [1.165, 1.54) is 73.6 Å². The number of nitrogens with zero attached hydrogens (tertiary/aromatic N) is 4. The van der Waals surface area contributed by atoms with Gasteiger partial charge in [0.05, 0.1) is 29.8 Å². The fourth-order valence-corrected chi connectivity index (χ4v) is 7.71. The first-order valence-electron chi connectivity index (χ1n) is 18.6. The summed E-state index contributed by atoms with van der Waals surface area (Å²) in [6, 6.07) is 17.4. The predicted octanol–water partition coefficient (Wildman–Crippen LogP) is 10.4. The third-order valence-electron chi connectivity index (χ3n) is 10.8. The first kappa shape index (κ1) is 41.7. The van der Waals surface area contributed by atoms with E-state index in [2.05, 4.69) is 9.97 Å². The molecule has 0 fully saturated rings. The van der Waals surface area contributed by atoms with Crippen molar-refractivity contribution in [3.8, 4) is 6.07 Å². The summed E-state index contributed by atoms with van der Waals surface area (Å²) >= 11 is 0. The number of hydrogen-bond acceptors (Lipinski definition) is 5. The predicted molar refractivity (Wildman–Crippen MR) is 203 cm³/mol. The standard InChI is InChI=1S/C26H21F4N3O.C19H18F3NO/c1-15-21(26(2,29)30)11-17(13-32-15)19-7-8-20-23(28)4-3-5-24(20)33(25(19)34)14-18-10-16(12-31)6-9-22(18)27;1-11-16(19(2,21)22)8-13(10-23-11)15-7-6-14-12(9-18(15)24)4-3-5-17(14)20/h3-6,9-11,13,19H,7-8,14H2,1-2H3;3-5,8,10,15H,6-7,9H2,1-2H3. The van der Waals surface area contributed by atoms with Crippen molar-refractivity contribution in [1.82, 2.24) is 9.97 Å². The summed E-state index contributed by atoms with van der Waals surface area (Å²) in [5, 5.41) is 9.18. The number of carbonyl (C=O) groups is 2. The SMILES string of the molecule is Cc1ncc(C2CCc3c(F)cccc3CC2=O)cc1C(C)(F)F.Cc1ncc(C2CCc3c(F)cccc3N(Cc3cc(C#N)ccc3F)C2=O)cc1C(C)(F)F. The fraction of sp³-hybridized carbons (Fsp3) is 0.311. The minimum atomic E-state index is -3.16. The van der Waals surface area contributed by atoms with Crippen LogP contribution >= 0.6 is 0 Å². The molecule has 0 N–H and O–H groups in total. The molecular formula is C45H39F7N4O2. The van der Waals surface area contributed by atoms with Gasteiger partial charge < -0.3 is 4.90 Å². The van der Waals surface area contributed by atoms with Gasteiger partial charge in [-0.25, -0.2) is 30.7 Å². The van der Waals surface area contributed by atoms with Crippen LogP contribution in [0.4, 0.5) is 36.4 Å². The molecule has 0 bridgehead atoms. The van der Waals surface area contributed by atoms with Crippen LogP contribution in [0, 0.1) is 42.6 Å². The summed E-state index contributed by atoms with van der Waals surface area (Å²) in [7, 11) is 0. The van der Waals surface area contributed by atoms with Crippen molar-refractivity contribution >= 4 is 17.4 Å². The fourth-order valence-electron chi connectivity index (χ4n) is 7.71. The summed E-state index contributed by atoms with van der Waals surface area (Å²) in [5.74, 6) is -9.61. The molecule has 2 aromatic heterocycles. The van der Waals surface area contributed by atoms with Crippen molar-refractivity contribution < 1.29 is 40.3 Å². The van der Waals surface area contributed by atoms with E-state index in [9.17, 15) is 45.6 Å². The summed E-state index contributed by atoms with van der Waals surface area (Å²) in [6.45, 7) is 4.33. The minimum Gasteiger partial charge on any atom is -0.307 e. The van der Waals surface area contributed by atoms with Crippen LogP contribution in [0.1, 0.15) is 100.0 Å². The second kappa shape index (κ2) is 16.5. The van der Waals surface area contributed by atoms with Crippen molar-refractivity contribution in [3.63, 3.8) is 0 Å². The highest BCUT2D eigenvalue weighted by atomic mass is 19.3. The van der Waals surface area contributed by atoms with Crippen LogP contribution in [0.3, 0.4) is 0 Å². The lowest BCUT2D eigenvalue weighted by atomic mass is 9.89. The first-order chi connectivity index (χ1) is 27.4. The normalized spacial score (nSPS) is 17.0. The van der Waals surface area contributed by atoms with E-state index in [4.69, 9.17) is 0 Å². The zero-order chi connectivity index (χ0) is 42.1. The molecular weight excluding hydrogens is 762 g/mol. The van der Waals surface area contributed by atoms with Gasteiger partial charge in [0.25, 0.3) is 11.8 Å². The van der Waals surface area contributed by atoms with E-state index >= 15 is 0 Å². The molecule has 7 rings (SSSR count). The Hall–Kier alpha value is -5.90. The van der Waals surface area contributed by atoms with Crippen LogP contribution in [0.5, 0.6) is 0 Å². The van der Waals surface area contributed by atoms with Gasteiger partial charge in [-0.05, 0) is 110 Å². The number of carbonyl (C=O) groups excluding carboxylic acids is 2.